The van der Waals surface area contributed by atoms with E-state index < -0.39 is 40.7 Å². The maximum Gasteiger partial charge on any atom is 0.416 e. The van der Waals surface area contributed by atoms with Crippen LogP contribution in [0.15, 0.2) is 36.9 Å². The molecule has 2 rings (SSSR count). The molecule has 0 aliphatic carbocycles. The normalized spacial score (nSPS) is 14.7. The molecule has 1 atom stereocenters. The number of aliphatic hydroxyl groups is 1. The molecule has 0 radical (unpaired) electrons. The molecule has 9 heteroatoms. The Bertz CT molecular complexity index is 704. The van der Waals surface area contributed by atoms with Crippen molar-refractivity contribution < 1.29 is 31.4 Å². The Kier molecular flexibility index (Phi) is 4.43. The molecule has 3 nitrogen and oxygen atoms in total. The van der Waals surface area contributed by atoms with Crippen molar-refractivity contribution in [3.05, 3.63) is 53.6 Å². The van der Waals surface area contributed by atoms with Gasteiger partial charge in [-0.15, -0.1) is 0 Å². The second-order valence-electron chi connectivity index (χ2n) is 5.82. The molecule has 24 heavy (non-hydrogen) atoms. The molecule has 0 aliphatic heterocycles. The number of hydrogen-bond acceptors (Lipinski definition) is 2. The van der Waals surface area contributed by atoms with Crippen molar-refractivity contribution in [3.8, 4) is 0 Å². The van der Waals surface area contributed by atoms with E-state index in [1.54, 1.807) is 0 Å². The smallest absolute Gasteiger partial charge is 0.386 e. The number of halogens is 6. The van der Waals surface area contributed by atoms with Gasteiger partial charge in [-0.1, -0.05) is 6.07 Å². The Balaban J connectivity index is 2.57. The van der Waals surface area contributed by atoms with Gasteiger partial charge in [-0.3, -0.25) is 0 Å². The van der Waals surface area contributed by atoms with E-state index in [2.05, 4.69) is 4.98 Å². The Labute approximate surface area is 133 Å². The van der Waals surface area contributed by atoms with Crippen LogP contribution in [0.5, 0.6) is 0 Å². The summed E-state index contributed by atoms with van der Waals surface area (Å²) in [7, 11) is 0. The van der Waals surface area contributed by atoms with Crippen molar-refractivity contribution in [2.24, 2.45) is 0 Å². The highest BCUT2D eigenvalue weighted by Gasteiger charge is 2.42. The highest BCUT2D eigenvalue weighted by atomic mass is 19.4. The van der Waals surface area contributed by atoms with Crippen LogP contribution in [-0.4, -0.2) is 14.7 Å². The fourth-order valence-corrected chi connectivity index (χ4v) is 2.34. The van der Waals surface area contributed by atoms with Crippen LogP contribution in [0.4, 0.5) is 26.3 Å². The van der Waals surface area contributed by atoms with Gasteiger partial charge in [0.05, 0.1) is 23.0 Å². The Morgan fingerprint density at radius 2 is 1.67 bits per heavy atom. The van der Waals surface area contributed by atoms with Gasteiger partial charge in [-0.25, -0.2) is 4.98 Å². The number of benzene rings is 1. The second kappa shape index (κ2) is 5.80. The summed E-state index contributed by atoms with van der Waals surface area (Å²) in [5, 5.41) is 10.4. The summed E-state index contributed by atoms with van der Waals surface area (Å²) < 4.78 is 79.1. The number of alkyl halides is 6. The highest BCUT2D eigenvalue weighted by Crippen LogP contribution is 2.42. The molecule has 0 saturated carbocycles. The fourth-order valence-electron chi connectivity index (χ4n) is 2.34. The van der Waals surface area contributed by atoms with Crippen molar-refractivity contribution >= 4 is 0 Å². The van der Waals surface area contributed by atoms with E-state index in [1.807, 2.05) is 0 Å². The van der Waals surface area contributed by atoms with Gasteiger partial charge in [-0.05, 0) is 31.5 Å². The van der Waals surface area contributed by atoms with Crippen molar-refractivity contribution in [2.45, 2.75) is 37.8 Å². The van der Waals surface area contributed by atoms with Gasteiger partial charge in [0, 0.05) is 12.4 Å². The molecule has 0 bridgehead atoms. The maximum absolute atomic E-state index is 13.2. The SMILES string of the molecule is CC(C)(C(O)c1ccc(C(F)(F)F)cc1C(F)(F)F)n1ccnc1. The first-order valence-corrected chi connectivity index (χ1v) is 6.80. The van der Waals surface area contributed by atoms with Gasteiger partial charge in [0.25, 0.3) is 0 Å². The van der Waals surface area contributed by atoms with E-state index in [9.17, 15) is 31.4 Å². The third-order valence-corrected chi connectivity index (χ3v) is 3.82. The van der Waals surface area contributed by atoms with E-state index in [4.69, 9.17) is 0 Å². The summed E-state index contributed by atoms with van der Waals surface area (Å²) in [5.74, 6) is 0. The average molecular weight is 352 g/mol. The number of rotatable bonds is 3. The van der Waals surface area contributed by atoms with Gasteiger partial charge in [0.15, 0.2) is 0 Å². The fraction of sp³-hybridized carbons (Fsp3) is 0.400. The molecule has 132 valence electrons. The minimum atomic E-state index is -5.04. The minimum absolute atomic E-state index is 0.0164. The molecule has 0 fully saturated rings. The van der Waals surface area contributed by atoms with Crippen LogP contribution >= 0.6 is 0 Å². The second-order valence-corrected chi connectivity index (χ2v) is 5.82. The first-order valence-electron chi connectivity index (χ1n) is 6.80. The van der Waals surface area contributed by atoms with Gasteiger partial charge in [-0.2, -0.15) is 26.3 Å². The number of aromatic nitrogens is 2. The third-order valence-electron chi connectivity index (χ3n) is 3.82. The van der Waals surface area contributed by atoms with Gasteiger partial charge >= 0.3 is 12.4 Å². The third kappa shape index (κ3) is 3.40. The molecule has 0 spiro atoms. The first kappa shape index (κ1) is 18.3. The minimum Gasteiger partial charge on any atom is -0.386 e. The molecule has 1 unspecified atom stereocenters. The summed E-state index contributed by atoms with van der Waals surface area (Å²) in [6, 6.07) is 1.20. The van der Waals surface area contributed by atoms with Crippen LogP contribution in [0.3, 0.4) is 0 Å². The van der Waals surface area contributed by atoms with Crippen LogP contribution in [-0.2, 0) is 17.9 Å². The Morgan fingerprint density at radius 1 is 1.04 bits per heavy atom. The van der Waals surface area contributed by atoms with Crippen molar-refractivity contribution in [2.75, 3.05) is 0 Å². The summed E-state index contributed by atoms with van der Waals surface area (Å²) in [4.78, 5) is 3.76. The predicted octanol–water partition coefficient (Wildman–Crippen LogP) is 4.39. The molecule has 1 N–H and O–H groups in total. The summed E-state index contributed by atoms with van der Waals surface area (Å²) in [6.45, 7) is 2.91. The first-order chi connectivity index (χ1) is 10.8. The summed E-state index contributed by atoms with van der Waals surface area (Å²) >= 11 is 0. The van der Waals surface area contributed by atoms with Gasteiger partial charge < -0.3 is 9.67 Å². The van der Waals surface area contributed by atoms with Crippen molar-refractivity contribution in [3.63, 3.8) is 0 Å². The zero-order valence-electron chi connectivity index (χ0n) is 12.7. The molecule has 0 saturated heterocycles. The molecule has 1 heterocycles. The van der Waals surface area contributed by atoms with Crippen molar-refractivity contribution in [1.29, 1.82) is 0 Å². The Hall–Kier alpha value is -2.03. The van der Waals surface area contributed by atoms with E-state index >= 15 is 0 Å². The lowest BCUT2D eigenvalue weighted by atomic mass is 9.87. The van der Waals surface area contributed by atoms with Crippen LogP contribution in [0.1, 0.15) is 36.6 Å². The lowest BCUT2D eigenvalue weighted by Gasteiger charge is -2.33. The number of nitrogens with zero attached hydrogens (tertiary/aromatic N) is 2. The highest BCUT2D eigenvalue weighted by molar-refractivity contribution is 5.38. The van der Waals surface area contributed by atoms with Crippen LogP contribution in [0.25, 0.3) is 0 Å². The van der Waals surface area contributed by atoms with Gasteiger partial charge in [0.2, 0.25) is 0 Å². The Morgan fingerprint density at radius 3 is 2.12 bits per heavy atom. The molecular formula is C15H14F6N2O. The molecule has 0 amide bonds. The standard InChI is InChI=1S/C15H14F6N2O/c1-13(2,23-6-5-22-8-23)12(24)10-4-3-9(14(16,17)18)7-11(10)15(19,20)21/h3-8,12,24H,1-2H3. The van der Waals surface area contributed by atoms with E-state index in [1.165, 1.54) is 37.1 Å². The summed E-state index contributed by atoms with van der Waals surface area (Å²) in [6.07, 6.45) is -7.52. The molecule has 0 aliphatic rings. The largest absolute Gasteiger partial charge is 0.416 e. The number of imidazole rings is 1. The quantitative estimate of drug-likeness (QED) is 0.832. The molecule has 1 aromatic heterocycles. The maximum atomic E-state index is 13.2. The van der Waals surface area contributed by atoms with Crippen LogP contribution < -0.4 is 0 Å². The lowest BCUT2D eigenvalue weighted by Crippen LogP contribution is -2.34. The van der Waals surface area contributed by atoms with Crippen LogP contribution in [0, 0.1) is 0 Å². The predicted molar refractivity (Wildman–Crippen MR) is 73.0 cm³/mol. The van der Waals surface area contributed by atoms with E-state index in [0.29, 0.717) is 12.1 Å². The topological polar surface area (TPSA) is 38.0 Å². The lowest BCUT2D eigenvalue weighted by molar-refractivity contribution is -0.144. The van der Waals surface area contributed by atoms with E-state index in [0.717, 1.165) is 0 Å². The zero-order chi connectivity index (χ0) is 18.3. The van der Waals surface area contributed by atoms with Crippen LogP contribution in [0.2, 0.25) is 0 Å². The van der Waals surface area contributed by atoms with Crippen molar-refractivity contribution in [1.82, 2.24) is 9.55 Å². The zero-order valence-corrected chi connectivity index (χ0v) is 12.7. The van der Waals surface area contributed by atoms with E-state index in [-0.39, 0.29) is 6.07 Å². The van der Waals surface area contributed by atoms with Gasteiger partial charge in [0.1, 0.15) is 6.10 Å². The summed E-state index contributed by atoms with van der Waals surface area (Å²) in [5.41, 5.74) is -4.82. The number of aliphatic hydroxyl groups excluding tert-OH is 1. The number of hydrogen-bond donors (Lipinski definition) is 1. The molecular weight excluding hydrogens is 338 g/mol. The monoisotopic (exact) mass is 352 g/mol. The molecule has 2 aromatic rings. The molecule has 1 aromatic carbocycles. The average Bonchev–Trinajstić information content (AvgIpc) is 2.98.